The molecular weight excluding hydrogens is 503 g/mol. The van der Waals surface area contributed by atoms with E-state index in [1.54, 1.807) is 24.1 Å². The van der Waals surface area contributed by atoms with E-state index in [4.69, 9.17) is 27.9 Å². The standard InChI is InChI=1S/C27H34Cl2N2O3S/c1-3-25(27(33)30-21-7-5-4-6-8-21)31(16-20-11-14-23(28)24(29)15-20)26(32)18-35-17-19-9-12-22(34-2)13-10-19/h9-15,21,25H,3-8,16-18H2,1-2H3,(H,30,33). The number of methoxy groups -OCH3 is 1. The van der Waals surface area contributed by atoms with Crippen LogP contribution >= 0.6 is 35.0 Å². The number of nitrogens with zero attached hydrogens (tertiary/aromatic N) is 1. The molecule has 0 aliphatic heterocycles. The molecule has 2 aromatic rings. The van der Waals surface area contributed by atoms with Crippen LogP contribution < -0.4 is 10.1 Å². The Morgan fingerprint density at radius 2 is 1.74 bits per heavy atom. The lowest BCUT2D eigenvalue weighted by atomic mass is 9.95. The lowest BCUT2D eigenvalue weighted by Gasteiger charge is -2.33. The minimum atomic E-state index is -0.541. The molecule has 1 aliphatic rings. The zero-order chi connectivity index (χ0) is 25.2. The summed E-state index contributed by atoms with van der Waals surface area (Å²) in [6.07, 6.45) is 6.03. The molecule has 1 N–H and O–H groups in total. The first-order chi connectivity index (χ1) is 16.9. The fourth-order valence-corrected chi connectivity index (χ4v) is 5.55. The Morgan fingerprint density at radius 1 is 1.06 bits per heavy atom. The molecule has 35 heavy (non-hydrogen) atoms. The maximum atomic E-state index is 13.4. The van der Waals surface area contributed by atoms with E-state index in [1.807, 2.05) is 37.3 Å². The normalized spacial score (nSPS) is 14.9. The van der Waals surface area contributed by atoms with Crippen LogP contribution in [-0.4, -0.2) is 41.7 Å². The van der Waals surface area contributed by atoms with Gasteiger partial charge in [0.15, 0.2) is 0 Å². The second-order valence-corrected chi connectivity index (χ2v) is 10.7. The van der Waals surface area contributed by atoms with E-state index in [0.717, 1.165) is 42.6 Å². The fraction of sp³-hybridized carbons (Fsp3) is 0.481. The van der Waals surface area contributed by atoms with E-state index in [2.05, 4.69) is 5.32 Å². The third-order valence-electron chi connectivity index (χ3n) is 6.33. The van der Waals surface area contributed by atoms with Crippen LogP contribution in [0.15, 0.2) is 42.5 Å². The van der Waals surface area contributed by atoms with Crippen LogP contribution in [0.5, 0.6) is 5.75 Å². The van der Waals surface area contributed by atoms with E-state index >= 15 is 0 Å². The van der Waals surface area contributed by atoms with Crippen molar-refractivity contribution in [2.24, 2.45) is 0 Å². The van der Waals surface area contributed by atoms with E-state index in [-0.39, 0.29) is 23.6 Å². The van der Waals surface area contributed by atoms with Gasteiger partial charge in [-0.2, -0.15) is 0 Å². The molecule has 190 valence electrons. The SMILES string of the molecule is CCC(C(=O)NC1CCCCC1)N(Cc1ccc(Cl)c(Cl)c1)C(=O)CSCc1ccc(OC)cc1. The molecular formula is C27H34Cl2N2O3S. The predicted octanol–water partition coefficient (Wildman–Crippen LogP) is 6.49. The Balaban J connectivity index is 1.70. The maximum Gasteiger partial charge on any atom is 0.243 e. The van der Waals surface area contributed by atoms with Gasteiger partial charge in [-0.1, -0.05) is 67.6 Å². The topological polar surface area (TPSA) is 58.6 Å². The Kier molecular flexibility index (Phi) is 11.1. The van der Waals surface area contributed by atoms with Crippen molar-refractivity contribution >= 4 is 46.8 Å². The minimum Gasteiger partial charge on any atom is -0.497 e. The van der Waals surface area contributed by atoms with Gasteiger partial charge < -0.3 is 15.0 Å². The van der Waals surface area contributed by atoms with Crippen LogP contribution in [0.1, 0.15) is 56.6 Å². The van der Waals surface area contributed by atoms with Crippen molar-refractivity contribution in [2.75, 3.05) is 12.9 Å². The molecule has 0 aromatic heterocycles. The molecule has 1 aliphatic carbocycles. The molecule has 3 rings (SSSR count). The number of rotatable bonds is 11. The third kappa shape index (κ3) is 8.33. The first-order valence-corrected chi connectivity index (χ1v) is 14.1. The molecule has 0 saturated heterocycles. The summed E-state index contributed by atoms with van der Waals surface area (Å²) in [7, 11) is 1.64. The first-order valence-electron chi connectivity index (χ1n) is 12.2. The molecule has 2 aromatic carbocycles. The summed E-state index contributed by atoms with van der Waals surface area (Å²) in [5.74, 6) is 1.63. The van der Waals surface area contributed by atoms with Crippen LogP contribution in [0, 0.1) is 0 Å². The van der Waals surface area contributed by atoms with Gasteiger partial charge in [-0.15, -0.1) is 11.8 Å². The number of carbonyl (C=O) groups is 2. The Hall–Kier alpha value is -1.89. The first kappa shape index (κ1) is 27.7. The highest BCUT2D eigenvalue weighted by Crippen LogP contribution is 2.25. The summed E-state index contributed by atoms with van der Waals surface area (Å²) in [6.45, 7) is 2.25. The van der Waals surface area contributed by atoms with Crippen molar-refractivity contribution < 1.29 is 14.3 Å². The van der Waals surface area contributed by atoms with Gasteiger partial charge in [-0.3, -0.25) is 9.59 Å². The lowest BCUT2D eigenvalue weighted by Crippen LogP contribution is -2.52. The van der Waals surface area contributed by atoms with Crippen molar-refractivity contribution in [1.82, 2.24) is 10.2 Å². The Labute approximate surface area is 222 Å². The monoisotopic (exact) mass is 536 g/mol. The molecule has 2 amide bonds. The van der Waals surface area contributed by atoms with Crippen molar-refractivity contribution in [2.45, 2.75) is 69.8 Å². The number of carbonyl (C=O) groups excluding carboxylic acids is 2. The summed E-state index contributed by atoms with van der Waals surface area (Å²) in [4.78, 5) is 28.4. The van der Waals surface area contributed by atoms with Crippen LogP contribution in [0.2, 0.25) is 10.0 Å². The van der Waals surface area contributed by atoms with Crippen LogP contribution in [0.25, 0.3) is 0 Å². The second kappa shape index (κ2) is 14.0. The van der Waals surface area contributed by atoms with Gasteiger partial charge in [0.1, 0.15) is 11.8 Å². The van der Waals surface area contributed by atoms with E-state index in [9.17, 15) is 9.59 Å². The summed E-state index contributed by atoms with van der Waals surface area (Å²) in [6, 6.07) is 12.8. The van der Waals surface area contributed by atoms with Crippen LogP contribution in [-0.2, 0) is 21.9 Å². The van der Waals surface area contributed by atoms with Gasteiger partial charge in [0.25, 0.3) is 0 Å². The van der Waals surface area contributed by atoms with E-state index in [0.29, 0.717) is 28.8 Å². The zero-order valence-corrected chi connectivity index (χ0v) is 22.7. The fourth-order valence-electron chi connectivity index (χ4n) is 4.36. The van der Waals surface area contributed by atoms with E-state index < -0.39 is 6.04 Å². The number of hydrogen-bond acceptors (Lipinski definition) is 4. The van der Waals surface area contributed by atoms with Gasteiger partial charge in [-0.25, -0.2) is 0 Å². The number of amides is 2. The third-order valence-corrected chi connectivity index (χ3v) is 8.06. The van der Waals surface area contributed by atoms with Gasteiger partial charge in [0.2, 0.25) is 11.8 Å². The summed E-state index contributed by atoms with van der Waals surface area (Å²) < 4.78 is 5.21. The molecule has 1 atom stereocenters. The molecule has 0 heterocycles. The molecule has 0 bridgehead atoms. The Morgan fingerprint density at radius 3 is 2.37 bits per heavy atom. The van der Waals surface area contributed by atoms with E-state index in [1.165, 1.54) is 18.2 Å². The van der Waals surface area contributed by atoms with Crippen LogP contribution in [0.4, 0.5) is 0 Å². The highest BCUT2D eigenvalue weighted by Gasteiger charge is 2.30. The molecule has 5 nitrogen and oxygen atoms in total. The number of thioether (sulfide) groups is 1. The van der Waals surface area contributed by atoms with Gasteiger partial charge in [0.05, 0.1) is 22.9 Å². The number of ether oxygens (including phenoxy) is 1. The average Bonchev–Trinajstić information content (AvgIpc) is 2.87. The molecule has 1 unspecified atom stereocenters. The largest absolute Gasteiger partial charge is 0.497 e. The number of benzene rings is 2. The highest BCUT2D eigenvalue weighted by molar-refractivity contribution is 7.99. The zero-order valence-electron chi connectivity index (χ0n) is 20.4. The molecule has 1 saturated carbocycles. The predicted molar refractivity (Wildman–Crippen MR) is 145 cm³/mol. The molecule has 0 radical (unpaired) electrons. The lowest BCUT2D eigenvalue weighted by molar-refractivity contribution is -0.139. The van der Waals surface area contributed by atoms with Crippen molar-refractivity contribution in [3.8, 4) is 5.75 Å². The Bertz CT molecular complexity index is 981. The van der Waals surface area contributed by atoms with Gasteiger partial charge >= 0.3 is 0 Å². The molecule has 8 heteroatoms. The van der Waals surface area contributed by atoms with Crippen molar-refractivity contribution in [3.05, 3.63) is 63.6 Å². The average molecular weight is 538 g/mol. The molecule has 0 spiro atoms. The number of halogens is 2. The summed E-state index contributed by atoms with van der Waals surface area (Å²) >= 11 is 13.9. The van der Waals surface area contributed by atoms with Gasteiger partial charge in [0, 0.05) is 18.3 Å². The van der Waals surface area contributed by atoms with Crippen LogP contribution in [0.3, 0.4) is 0 Å². The number of hydrogen-bond donors (Lipinski definition) is 1. The minimum absolute atomic E-state index is 0.0692. The smallest absolute Gasteiger partial charge is 0.243 e. The second-order valence-electron chi connectivity index (χ2n) is 8.88. The maximum absolute atomic E-state index is 13.4. The number of nitrogens with one attached hydrogen (secondary N) is 1. The summed E-state index contributed by atoms with van der Waals surface area (Å²) in [5, 5.41) is 4.10. The van der Waals surface area contributed by atoms with Crippen molar-refractivity contribution in [3.63, 3.8) is 0 Å². The van der Waals surface area contributed by atoms with Gasteiger partial charge in [-0.05, 0) is 54.7 Å². The van der Waals surface area contributed by atoms with Crippen molar-refractivity contribution in [1.29, 1.82) is 0 Å². The summed E-state index contributed by atoms with van der Waals surface area (Å²) in [5.41, 5.74) is 1.96. The highest BCUT2D eigenvalue weighted by atomic mass is 35.5. The quantitative estimate of drug-likeness (QED) is 0.356. The molecule has 1 fully saturated rings.